The van der Waals surface area contributed by atoms with Gasteiger partial charge in [-0.15, -0.1) is 0 Å². The highest BCUT2D eigenvalue weighted by Crippen LogP contribution is 2.44. The molecule has 2 atom stereocenters. The average Bonchev–Trinajstić information content (AvgIpc) is 2.93. The molecule has 120 valence electrons. The van der Waals surface area contributed by atoms with E-state index < -0.39 is 21.4 Å². The van der Waals surface area contributed by atoms with Gasteiger partial charge in [0.25, 0.3) is 0 Å². The third-order valence-corrected chi connectivity index (χ3v) is 6.42. The Labute approximate surface area is 124 Å². The molecule has 21 heavy (non-hydrogen) atoms. The normalized spacial score (nSPS) is 36.0. The van der Waals surface area contributed by atoms with E-state index in [4.69, 9.17) is 4.74 Å². The predicted molar refractivity (Wildman–Crippen MR) is 75.4 cm³/mol. The largest absolute Gasteiger partial charge is 0.481 e. The molecule has 0 saturated carbocycles. The van der Waals surface area contributed by atoms with Gasteiger partial charge in [-0.1, -0.05) is 0 Å². The van der Waals surface area contributed by atoms with Crippen LogP contribution in [0.1, 0.15) is 12.8 Å². The molecular weight excluding hydrogens is 296 g/mol. The second-order valence-corrected chi connectivity index (χ2v) is 8.47. The van der Waals surface area contributed by atoms with Gasteiger partial charge in [-0.05, 0) is 12.8 Å². The van der Waals surface area contributed by atoms with Crippen LogP contribution in [-0.2, 0) is 19.6 Å². The Hall–Kier alpha value is -0.700. The number of aliphatic carboxylic acids is 1. The second-order valence-electron chi connectivity index (χ2n) is 6.49. The van der Waals surface area contributed by atoms with E-state index in [0.29, 0.717) is 25.7 Å². The van der Waals surface area contributed by atoms with Crippen molar-refractivity contribution in [3.05, 3.63) is 0 Å². The number of rotatable bonds is 3. The van der Waals surface area contributed by atoms with Crippen molar-refractivity contribution in [3.8, 4) is 0 Å². The molecule has 0 aliphatic carbocycles. The summed E-state index contributed by atoms with van der Waals surface area (Å²) in [6, 6.07) is 0.368. The highest BCUT2D eigenvalue weighted by atomic mass is 32.2. The smallest absolute Gasteiger partial charge is 0.312 e. The third-order valence-electron chi connectivity index (χ3n) is 5.21. The van der Waals surface area contributed by atoms with Crippen molar-refractivity contribution in [2.75, 3.05) is 45.6 Å². The van der Waals surface area contributed by atoms with Crippen LogP contribution in [0.3, 0.4) is 0 Å². The first-order valence-electron chi connectivity index (χ1n) is 7.33. The highest BCUT2D eigenvalue weighted by Gasteiger charge is 2.59. The summed E-state index contributed by atoms with van der Waals surface area (Å²) in [6.07, 6.45) is 3.01. The Morgan fingerprint density at radius 2 is 1.90 bits per heavy atom. The monoisotopic (exact) mass is 318 g/mol. The minimum Gasteiger partial charge on any atom is -0.481 e. The molecule has 3 heterocycles. The van der Waals surface area contributed by atoms with E-state index in [1.807, 2.05) is 0 Å². The molecule has 0 aromatic rings. The number of carboxylic acid groups (broad SMARTS) is 1. The number of hydrogen-bond donors (Lipinski definition) is 1. The van der Waals surface area contributed by atoms with Crippen molar-refractivity contribution in [1.29, 1.82) is 0 Å². The number of carbonyl (C=O) groups is 1. The molecule has 0 radical (unpaired) electrons. The van der Waals surface area contributed by atoms with Crippen LogP contribution in [0.2, 0.25) is 0 Å². The van der Waals surface area contributed by atoms with Gasteiger partial charge in [-0.2, -0.15) is 0 Å². The lowest BCUT2D eigenvalue weighted by Crippen LogP contribution is -2.45. The Kier molecular flexibility index (Phi) is 3.76. The van der Waals surface area contributed by atoms with Crippen molar-refractivity contribution in [3.63, 3.8) is 0 Å². The molecule has 7 nitrogen and oxygen atoms in total. The molecule has 1 N–H and O–H groups in total. The van der Waals surface area contributed by atoms with E-state index >= 15 is 0 Å². The molecule has 8 heteroatoms. The predicted octanol–water partition coefficient (Wildman–Crippen LogP) is -0.557. The summed E-state index contributed by atoms with van der Waals surface area (Å²) < 4.78 is 30.1. The lowest BCUT2D eigenvalue weighted by molar-refractivity contribution is -0.148. The number of fused-ring (bicyclic) bond motifs is 1. The van der Waals surface area contributed by atoms with Crippen LogP contribution in [0.25, 0.3) is 0 Å². The summed E-state index contributed by atoms with van der Waals surface area (Å²) in [5.41, 5.74) is -0.943. The number of hydrogen-bond acceptors (Lipinski definition) is 5. The summed E-state index contributed by atoms with van der Waals surface area (Å²) in [4.78, 5) is 14.1. The maximum Gasteiger partial charge on any atom is 0.312 e. The zero-order valence-corrected chi connectivity index (χ0v) is 13.0. The molecule has 0 aromatic heterocycles. The first kappa shape index (κ1) is 15.2. The molecule has 3 fully saturated rings. The van der Waals surface area contributed by atoms with Gasteiger partial charge in [0.1, 0.15) is 0 Å². The van der Waals surface area contributed by atoms with Crippen LogP contribution in [0, 0.1) is 11.3 Å². The quantitative estimate of drug-likeness (QED) is 0.751. The highest BCUT2D eigenvalue weighted by molar-refractivity contribution is 7.88. The van der Waals surface area contributed by atoms with E-state index in [2.05, 4.69) is 4.90 Å². The van der Waals surface area contributed by atoms with Crippen LogP contribution in [-0.4, -0.2) is 80.4 Å². The molecule has 3 aliphatic rings. The first-order valence-corrected chi connectivity index (χ1v) is 9.18. The van der Waals surface area contributed by atoms with Crippen LogP contribution in [0.5, 0.6) is 0 Å². The minimum atomic E-state index is -3.33. The van der Waals surface area contributed by atoms with Crippen LogP contribution in [0.4, 0.5) is 0 Å². The van der Waals surface area contributed by atoms with Crippen molar-refractivity contribution < 1.29 is 23.1 Å². The number of ether oxygens (including phenoxy) is 1. The van der Waals surface area contributed by atoms with Crippen LogP contribution < -0.4 is 0 Å². The fourth-order valence-electron chi connectivity index (χ4n) is 3.94. The second kappa shape index (κ2) is 5.19. The Morgan fingerprint density at radius 1 is 1.24 bits per heavy atom. The fourth-order valence-corrected chi connectivity index (χ4v) is 4.86. The number of sulfonamides is 1. The molecule has 3 rings (SSSR count). The Morgan fingerprint density at radius 3 is 2.43 bits per heavy atom. The van der Waals surface area contributed by atoms with E-state index in [-0.39, 0.29) is 12.5 Å². The Balaban J connectivity index is 1.79. The third kappa shape index (κ3) is 2.58. The van der Waals surface area contributed by atoms with Crippen molar-refractivity contribution in [2.24, 2.45) is 11.3 Å². The first-order chi connectivity index (χ1) is 9.83. The molecule has 3 aliphatic heterocycles. The fraction of sp³-hybridized carbons (Fsp3) is 0.923. The van der Waals surface area contributed by atoms with Gasteiger partial charge in [0.2, 0.25) is 10.0 Å². The van der Waals surface area contributed by atoms with E-state index in [9.17, 15) is 18.3 Å². The van der Waals surface area contributed by atoms with E-state index in [1.54, 1.807) is 0 Å². The van der Waals surface area contributed by atoms with Gasteiger partial charge in [-0.25, -0.2) is 12.7 Å². The van der Waals surface area contributed by atoms with E-state index in [1.165, 1.54) is 4.31 Å². The van der Waals surface area contributed by atoms with Crippen LogP contribution >= 0.6 is 0 Å². The van der Waals surface area contributed by atoms with Gasteiger partial charge in [0.05, 0.1) is 11.7 Å². The average molecular weight is 318 g/mol. The topological polar surface area (TPSA) is 87.2 Å². The number of carboxylic acids is 1. The SMILES string of the molecule is CS(=O)(=O)N1C[C@H]2CN(C3CCOCC3)C[C@@]2(C(=O)O)C1. The number of nitrogens with zero attached hydrogens (tertiary/aromatic N) is 2. The van der Waals surface area contributed by atoms with Crippen molar-refractivity contribution >= 4 is 16.0 Å². The van der Waals surface area contributed by atoms with E-state index in [0.717, 1.165) is 32.3 Å². The molecule has 0 aromatic carbocycles. The van der Waals surface area contributed by atoms with Crippen molar-refractivity contribution in [2.45, 2.75) is 18.9 Å². The zero-order chi connectivity index (χ0) is 15.3. The standard InChI is InChI=1S/C13H22N2O5S/c1-21(18,19)15-7-10-6-14(11-2-4-20-5-3-11)8-13(10,9-15)12(16)17/h10-11H,2-9H2,1H3,(H,16,17)/t10-,13-/m1/s1. The Bertz CT molecular complexity index is 531. The van der Waals surface area contributed by atoms with Gasteiger partial charge in [-0.3, -0.25) is 9.69 Å². The maximum absolute atomic E-state index is 11.8. The molecule has 0 bridgehead atoms. The molecule has 3 saturated heterocycles. The van der Waals surface area contributed by atoms with Gasteiger partial charge in [0.15, 0.2) is 0 Å². The zero-order valence-electron chi connectivity index (χ0n) is 12.2. The maximum atomic E-state index is 11.8. The lowest BCUT2D eigenvalue weighted by atomic mass is 9.81. The molecular formula is C13H22N2O5S. The lowest BCUT2D eigenvalue weighted by Gasteiger charge is -2.33. The van der Waals surface area contributed by atoms with Gasteiger partial charge in [0, 0.05) is 51.4 Å². The summed E-state index contributed by atoms with van der Waals surface area (Å²) in [6.45, 7) is 2.99. The van der Waals surface area contributed by atoms with Crippen LogP contribution in [0.15, 0.2) is 0 Å². The summed E-state index contributed by atoms with van der Waals surface area (Å²) in [5.74, 6) is -0.985. The molecule has 0 spiro atoms. The number of likely N-dealkylation sites (tertiary alicyclic amines) is 1. The summed E-state index contributed by atoms with van der Waals surface area (Å²) in [7, 11) is -3.33. The summed E-state index contributed by atoms with van der Waals surface area (Å²) in [5, 5.41) is 9.70. The molecule has 0 unspecified atom stereocenters. The summed E-state index contributed by atoms with van der Waals surface area (Å²) >= 11 is 0. The van der Waals surface area contributed by atoms with Gasteiger partial charge < -0.3 is 9.84 Å². The van der Waals surface area contributed by atoms with Crippen molar-refractivity contribution in [1.82, 2.24) is 9.21 Å². The van der Waals surface area contributed by atoms with Gasteiger partial charge >= 0.3 is 5.97 Å². The minimum absolute atomic E-state index is 0.103. The molecule has 0 amide bonds.